The van der Waals surface area contributed by atoms with Gasteiger partial charge in [0.1, 0.15) is 0 Å². The van der Waals surface area contributed by atoms with Crippen LogP contribution in [0.2, 0.25) is 0 Å². The van der Waals surface area contributed by atoms with Crippen molar-refractivity contribution in [2.75, 3.05) is 39.8 Å². The van der Waals surface area contributed by atoms with Crippen molar-refractivity contribution in [3.05, 3.63) is 0 Å². The molecule has 13 heteroatoms. The molecule has 0 aliphatic heterocycles. The molecule has 0 heterocycles. The predicted octanol–water partition coefficient (Wildman–Crippen LogP) is 5.19. The van der Waals surface area contributed by atoms with Gasteiger partial charge in [-0.15, -0.1) is 4.94 Å². The zero-order valence-corrected chi connectivity index (χ0v) is 16.2. The van der Waals surface area contributed by atoms with Crippen molar-refractivity contribution >= 4 is 11.9 Å². The number of alkyl halides is 8. The molecule has 0 fully saturated rings. The second-order valence-electron chi connectivity index (χ2n) is 6.13. The van der Waals surface area contributed by atoms with Crippen molar-refractivity contribution in [3.63, 3.8) is 0 Å². The van der Waals surface area contributed by atoms with Gasteiger partial charge in [-0.2, -0.15) is 35.1 Å². The fraction of sp³-hybridized carbons (Fsp3) is 1.00. The maximum absolute atomic E-state index is 13.9. The molecule has 27 heavy (non-hydrogen) atoms. The molecule has 0 aromatic rings. The van der Waals surface area contributed by atoms with Crippen molar-refractivity contribution in [2.24, 2.45) is 0 Å². The molecule has 0 saturated heterocycles. The van der Waals surface area contributed by atoms with Gasteiger partial charge in [0.05, 0.1) is 32.7 Å². The van der Waals surface area contributed by atoms with Gasteiger partial charge in [-0.1, -0.05) is 6.92 Å². The van der Waals surface area contributed by atoms with Crippen molar-refractivity contribution < 1.29 is 49.1 Å². The first-order valence-corrected chi connectivity index (χ1v) is 8.93. The maximum Gasteiger partial charge on any atom is 0.459 e. The van der Waals surface area contributed by atoms with Gasteiger partial charge in [0, 0.05) is 11.9 Å². The van der Waals surface area contributed by atoms with Gasteiger partial charge in [-0.25, -0.2) is 4.31 Å². The molecule has 0 bridgehead atoms. The molecule has 1 unspecified atom stereocenters. The second-order valence-corrected chi connectivity index (χ2v) is 7.44. The zero-order chi connectivity index (χ0) is 21.7. The van der Waals surface area contributed by atoms with Gasteiger partial charge in [0.15, 0.2) is 0 Å². The summed E-state index contributed by atoms with van der Waals surface area (Å²) in [6.45, 7) is 7.63. The summed E-state index contributed by atoms with van der Waals surface area (Å²) in [5.41, 5.74) is 0. The van der Waals surface area contributed by atoms with Crippen LogP contribution in [0.1, 0.15) is 27.2 Å². The molecule has 0 rings (SSSR count). The maximum atomic E-state index is 13.9. The highest BCUT2D eigenvalue weighted by Crippen LogP contribution is 2.56. The highest BCUT2D eigenvalue weighted by atomic mass is 32.2. The van der Waals surface area contributed by atoms with E-state index in [0.717, 1.165) is 13.5 Å². The lowest BCUT2D eigenvalue weighted by Gasteiger charge is -2.39. The third-order valence-corrected chi connectivity index (χ3v) is 5.43. The van der Waals surface area contributed by atoms with Crippen LogP contribution in [-0.4, -0.2) is 71.8 Å². The molecule has 164 valence electrons. The number of hydrogen-bond donors (Lipinski definition) is 0. The quantitative estimate of drug-likeness (QED) is 0.236. The van der Waals surface area contributed by atoms with Gasteiger partial charge < -0.3 is 4.48 Å². The molecule has 0 amide bonds. The second kappa shape index (κ2) is 9.40. The fourth-order valence-corrected chi connectivity index (χ4v) is 3.40. The highest BCUT2D eigenvalue weighted by Gasteiger charge is 2.83. The first-order chi connectivity index (χ1) is 12.1. The molecule has 0 aromatic heterocycles. The molecule has 0 saturated carbocycles. The molecular weight excluding hydrogens is 415 g/mol. The number of likely N-dealkylation sites (N-methyl/N-ethyl adjacent to an activating group) is 2. The van der Waals surface area contributed by atoms with Crippen LogP contribution in [-0.2, 0) is 4.94 Å². The van der Waals surface area contributed by atoms with Crippen LogP contribution in [0.5, 0.6) is 0 Å². The van der Waals surface area contributed by atoms with Crippen LogP contribution in [0.15, 0.2) is 0 Å². The number of halogens is 9. The Hall–Kier alpha value is -0.400. The van der Waals surface area contributed by atoms with Crippen LogP contribution < -0.4 is 0 Å². The van der Waals surface area contributed by atoms with Crippen molar-refractivity contribution in [3.8, 4) is 0 Å². The Labute approximate surface area is 156 Å². The summed E-state index contributed by atoms with van der Waals surface area (Å²) in [4.78, 5) is 1.88. The van der Waals surface area contributed by atoms with E-state index >= 15 is 0 Å². The number of quaternary nitrogens is 1. The Morgan fingerprint density at radius 1 is 0.889 bits per heavy atom. The number of rotatable bonds is 12. The van der Waals surface area contributed by atoms with E-state index < -0.39 is 35.2 Å². The average molecular weight is 439 g/mol. The van der Waals surface area contributed by atoms with E-state index in [1.165, 1.54) is 0 Å². The molecule has 1 atom stereocenters. The Bertz CT molecular complexity index is 460. The molecule has 0 aliphatic carbocycles. The minimum absolute atomic E-state index is 0.193. The van der Waals surface area contributed by atoms with Gasteiger partial charge >= 0.3 is 23.2 Å². The normalized spacial score (nSPS) is 16.7. The van der Waals surface area contributed by atoms with E-state index in [2.05, 4.69) is 0 Å². The highest BCUT2D eigenvalue weighted by molar-refractivity contribution is 7.98. The molecular formula is C14H24F9N2OS+. The monoisotopic (exact) mass is 439 g/mol. The third kappa shape index (κ3) is 5.57. The summed E-state index contributed by atoms with van der Waals surface area (Å²) in [5, 5.41) is -5.56. The minimum Gasteiger partial charge on any atom is -0.323 e. The topological polar surface area (TPSA) is 12.5 Å². The molecule has 3 nitrogen and oxygen atoms in total. The Balaban J connectivity index is 5.37. The largest absolute Gasteiger partial charge is 0.459 e. The Morgan fingerprint density at radius 3 is 1.70 bits per heavy atom. The van der Waals surface area contributed by atoms with Crippen molar-refractivity contribution in [1.29, 1.82) is 0 Å². The smallest absolute Gasteiger partial charge is 0.323 e. The lowest BCUT2D eigenvalue weighted by atomic mass is 10.1. The van der Waals surface area contributed by atoms with Crippen LogP contribution in [0, 0.1) is 0 Å². The molecule has 0 aliphatic rings. The fourth-order valence-electron chi connectivity index (χ4n) is 2.55. The molecule has 0 aromatic carbocycles. The summed E-state index contributed by atoms with van der Waals surface area (Å²) in [5.74, 6) is -13.0. The first-order valence-electron chi connectivity index (χ1n) is 8.16. The van der Waals surface area contributed by atoms with Gasteiger partial charge in [0.2, 0.25) is 0 Å². The van der Waals surface area contributed by atoms with E-state index in [9.17, 15) is 39.6 Å². The van der Waals surface area contributed by atoms with Gasteiger partial charge in [-0.3, -0.25) is 0 Å². The lowest BCUT2D eigenvalue weighted by Crippen LogP contribution is -2.63. The molecule has 0 spiro atoms. The molecule has 0 radical (unpaired) electrons. The van der Waals surface area contributed by atoms with Crippen molar-refractivity contribution in [1.82, 2.24) is 4.31 Å². The van der Waals surface area contributed by atoms with E-state index in [4.69, 9.17) is 0 Å². The third-order valence-electron chi connectivity index (χ3n) is 4.44. The first kappa shape index (κ1) is 26.6. The summed E-state index contributed by atoms with van der Waals surface area (Å²) in [6.07, 6.45) is -6.01. The molecule has 0 N–H and O–H groups in total. The number of nitrogens with zero attached hydrogens (tertiary/aromatic N) is 2. The zero-order valence-electron chi connectivity index (χ0n) is 15.4. The summed E-state index contributed by atoms with van der Waals surface area (Å²) >= 11 is -0.974. The predicted molar refractivity (Wildman–Crippen MR) is 83.6 cm³/mol. The van der Waals surface area contributed by atoms with Crippen molar-refractivity contribution in [2.45, 2.75) is 50.4 Å². The van der Waals surface area contributed by atoms with Crippen LogP contribution in [0.25, 0.3) is 0 Å². The summed E-state index contributed by atoms with van der Waals surface area (Å²) in [7, 11) is 0.953. The lowest BCUT2D eigenvalue weighted by molar-refractivity contribution is -0.924. The standard InChI is InChI=1S/C14H24F9N2OS/c1-5-9-25(6-2,7-3)10-8-24(4)27-14(21,22)12(17,26-23)11(15,16)13(18,19)20/h5-10H2,1-4H3/q+1. The van der Waals surface area contributed by atoms with E-state index in [1.54, 1.807) is 0 Å². The van der Waals surface area contributed by atoms with Crippen LogP contribution >= 0.6 is 11.9 Å². The van der Waals surface area contributed by atoms with Crippen LogP contribution in [0.3, 0.4) is 0 Å². The SMILES string of the molecule is CCC[N+](CC)(CC)CCN(C)SC(F)(F)C(F)(OF)C(F)(F)C(F)(F)F. The Morgan fingerprint density at radius 2 is 1.37 bits per heavy atom. The minimum atomic E-state index is -6.78. The van der Waals surface area contributed by atoms with Crippen LogP contribution in [0.4, 0.5) is 39.6 Å². The summed E-state index contributed by atoms with van der Waals surface area (Å²) in [6, 6.07) is 0. The number of hydrogen-bond acceptors (Lipinski definition) is 3. The van der Waals surface area contributed by atoms with Gasteiger partial charge in [-0.05, 0) is 31.8 Å². The van der Waals surface area contributed by atoms with E-state index in [1.807, 2.05) is 25.7 Å². The van der Waals surface area contributed by atoms with E-state index in [-0.39, 0.29) is 13.1 Å². The average Bonchev–Trinajstić information content (AvgIpc) is 2.56. The van der Waals surface area contributed by atoms with Gasteiger partial charge in [0.25, 0.3) is 0 Å². The van der Waals surface area contributed by atoms with E-state index in [0.29, 0.717) is 28.4 Å². The Kier molecular flexibility index (Phi) is 9.26. The summed E-state index contributed by atoms with van der Waals surface area (Å²) < 4.78 is 118.